The summed E-state index contributed by atoms with van der Waals surface area (Å²) in [6.07, 6.45) is 0. The summed E-state index contributed by atoms with van der Waals surface area (Å²) >= 11 is 0. The highest BCUT2D eigenvalue weighted by atomic mass is 15.0. The molecule has 9 aromatic rings. The second-order valence-corrected chi connectivity index (χ2v) is 13.9. The zero-order valence-corrected chi connectivity index (χ0v) is 28.7. The van der Waals surface area contributed by atoms with Crippen molar-refractivity contribution < 1.29 is 0 Å². The molecule has 11 rings (SSSR count). The molecule has 3 heteroatoms. The quantitative estimate of drug-likeness (QED) is 0.187. The Morgan fingerprint density at radius 3 is 1.32 bits per heavy atom. The third kappa shape index (κ3) is 4.38. The first-order valence-corrected chi connectivity index (χ1v) is 18.1. The molecule has 0 aliphatic heterocycles. The van der Waals surface area contributed by atoms with Crippen LogP contribution in [0.2, 0.25) is 0 Å². The van der Waals surface area contributed by atoms with E-state index in [-0.39, 0.29) is 5.41 Å². The summed E-state index contributed by atoms with van der Waals surface area (Å²) in [6, 6.07) is 67.5. The fourth-order valence-electron chi connectivity index (χ4n) is 8.86. The van der Waals surface area contributed by atoms with E-state index >= 15 is 0 Å². The number of aromatic nitrogens is 3. The number of fused-ring (bicyclic) bond motifs is 11. The number of hydrogen-bond donors (Lipinski definition) is 0. The third-order valence-electron chi connectivity index (χ3n) is 11.2. The minimum absolute atomic E-state index is 0.370. The molecule has 0 bridgehead atoms. The molecule has 1 spiro atoms. The Kier molecular flexibility index (Phi) is 6.47. The van der Waals surface area contributed by atoms with Gasteiger partial charge in [-0.05, 0) is 78.5 Å². The molecular weight excluding hydrogens is 643 g/mol. The van der Waals surface area contributed by atoms with Crippen molar-refractivity contribution in [1.82, 2.24) is 15.0 Å². The normalized spacial score (nSPS) is 13.1. The smallest absolute Gasteiger partial charge is 0.164 e. The van der Waals surface area contributed by atoms with E-state index in [1.54, 1.807) is 0 Å². The molecule has 0 saturated carbocycles. The Hall–Kier alpha value is -6.97. The van der Waals surface area contributed by atoms with Crippen molar-refractivity contribution in [3.8, 4) is 67.5 Å². The summed E-state index contributed by atoms with van der Waals surface area (Å²) in [5.74, 6) is 1.98. The van der Waals surface area contributed by atoms with Gasteiger partial charge in [-0.3, -0.25) is 0 Å². The van der Waals surface area contributed by atoms with E-state index in [9.17, 15) is 0 Å². The van der Waals surface area contributed by atoms with E-state index in [4.69, 9.17) is 15.0 Å². The van der Waals surface area contributed by atoms with Gasteiger partial charge in [-0.1, -0.05) is 176 Å². The van der Waals surface area contributed by atoms with Gasteiger partial charge < -0.3 is 0 Å². The number of hydrogen-bond acceptors (Lipinski definition) is 3. The molecular formula is C50H31N3. The van der Waals surface area contributed by atoms with E-state index in [0.717, 1.165) is 27.5 Å². The number of benzene rings is 8. The lowest BCUT2D eigenvalue weighted by atomic mass is 9.70. The zero-order chi connectivity index (χ0) is 34.9. The number of rotatable bonds is 4. The van der Waals surface area contributed by atoms with Crippen molar-refractivity contribution >= 4 is 10.8 Å². The van der Waals surface area contributed by atoms with E-state index in [1.165, 1.54) is 55.6 Å². The summed E-state index contributed by atoms with van der Waals surface area (Å²) in [7, 11) is 0. The van der Waals surface area contributed by atoms with Gasteiger partial charge >= 0.3 is 0 Å². The molecule has 246 valence electrons. The standard InChI is InChI=1S/C50H31N3/c1-3-14-32(15-4-1)47-51-48(33-16-5-2-6-17-33)53-49(52-47)42-22-13-18-36-30-34(26-28-37(36)42)35-27-29-41-40-21-9-12-25-45(40)50(46(41)31-35)43-23-10-7-19-38(43)39-20-8-11-24-44(39)50/h1-31H. The Bertz CT molecular complexity index is 2770. The van der Waals surface area contributed by atoms with E-state index in [2.05, 4.69) is 127 Å². The first-order valence-electron chi connectivity index (χ1n) is 18.1. The number of nitrogens with zero attached hydrogens (tertiary/aromatic N) is 3. The van der Waals surface area contributed by atoms with Gasteiger partial charge in [0.25, 0.3) is 0 Å². The van der Waals surface area contributed by atoms with Crippen molar-refractivity contribution in [2.45, 2.75) is 5.41 Å². The fraction of sp³-hybridized carbons (Fsp3) is 0.0200. The largest absolute Gasteiger partial charge is 0.208 e. The minimum Gasteiger partial charge on any atom is -0.208 e. The Balaban J connectivity index is 1.07. The topological polar surface area (TPSA) is 38.7 Å². The monoisotopic (exact) mass is 673 g/mol. The lowest BCUT2D eigenvalue weighted by molar-refractivity contribution is 0.794. The summed E-state index contributed by atoms with van der Waals surface area (Å²) in [6.45, 7) is 0. The predicted molar refractivity (Wildman–Crippen MR) is 215 cm³/mol. The molecule has 2 aliphatic carbocycles. The second kappa shape index (κ2) is 11.5. The summed E-state index contributed by atoms with van der Waals surface area (Å²) in [4.78, 5) is 15.0. The molecule has 1 heterocycles. The van der Waals surface area contributed by atoms with Gasteiger partial charge in [-0.2, -0.15) is 0 Å². The summed E-state index contributed by atoms with van der Waals surface area (Å²) in [5, 5.41) is 2.24. The average Bonchev–Trinajstić information content (AvgIpc) is 3.71. The first kappa shape index (κ1) is 29.7. The maximum Gasteiger partial charge on any atom is 0.164 e. The van der Waals surface area contributed by atoms with Crippen LogP contribution in [0, 0.1) is 0 Å². The van der Waals surface area contributed by atoms with Gasteiger partial charge in [0, 0.05) is 16.7 Å². The van der Waals surface area contributed by atoms with Crippen molar-refractivity contribution in [1.29, 1.82) is 0 Å². The molecule has 2 aliphatic rings. The molecule has 0 amide bonds. The van der Waals surface area contributed by atoms with Crippen molar-refractivity contribution in [3.63, 3.8) is 0 Å². The molecule has 0 fully saturated rings. The Morgan fingerprint density at radius 1 is 0.283 bits per heavy atom. The molecule has 0 atom stereocenters. The first-order chi connectivity index (χ1) is 26.3. The molecule has 0 radical (unpaired) electrons. The molecule has 0 saturated heterocycles. The third-order valence-corrected chi connectivity index (χ3v) is 11.2. The van der Waals surface area contributed by atoms with E-state index in [0.29, 0.717) is 17.5 Å². The van der Waals surface area contributed by atoms with Gasteiger partial charge in [-0.25, -0.2) is 15.0 Å². The fourth-order valence-corrected chi connectivity index (χ4v) is 8.86. The lowest BCUT2D eigenvalue weighted by Crippen LogP contribution is -2.25. The molecule has 1 aromatic heterocycles. The van der Waals surface area contributed by atoms with Crippen LogP contribution < -0.4 is 0 Å². The highest BCUT2D eigenvalue weighted by molar-refractivity contribution is 5.99. The van der Waals surface area contributed by atoms with Crippen molar-refractivity contribution in [3.05, 3.63) is 210 Å². The van der Waals surface area contributed by atoms with E-state index in [1.807, 2.05) is 60.7 Å². The van der Waals surface area contributed by atoms with Crippen LogP contribution >= 0.6 is 0 Å². The van der Waals surface area contributed by atoms with Crippen LogP contribution in [-0.4, -0.2) is 15.0 Å². The van der Waals surface area contributed by atoms with Crippen molar-refractivity contribution in [2.24, 2.45) is 0 Å². The SMILES string of the molecule is c1ccc(-c2nc(-c3ccccc3)nc(-c3cccc4cc(-c5ccc6c(c5)C5(c7ccccc7-c7ccccc75)c5ccccc5-6)ccc34)n2)cc1. The molecule has 8 aromatic carbocycles. The van der Waals surface area contributed by atoms with Crippen molar-refractivity contribution in [2.75, 3.05) is 0 Å². The molecule has 0 N–H and O–H groups in total. The van der Waals surface area contributed by atoms with Crippen LogP contribution in [0.25, 0.3) is 78.3 Å². The van der Waals surface area contributed by atoms with Crippen LogP contribution in [0.3, 0.4) is 0 Å². The van der Waals surface area contributed by atoms with Gasteiger partial charge in [0.2, 0.25) is 0 Å². The van der Waals surface area contributed by atoms with Crippen LogP contribution in [0.15, 0.2) is 188 Å². The second-order valence-electron chi connectivity index (χ2n) is 13.9. The van der Waals surface area contributed by atoms with Gasteiger partial charge in [0.05, 0.1) is 5.41 Å². The average molecular weight is 674 g/mol. The maximum atomic E-state index is 5.04. The zero-order valence-electron chi connectivity index (χ0n) is 28.7. The van der Waals surface area contributed by atoms with Gasteiger partial charge in [0.1, 0.15) is 0 Å². The summed E-state index contributed by atoms with van der Waals surface area (Å²) < 4.78 is 0. The highest BCUT2D eigenvalue weighted by Gasteiger charge is 2.51. The summed E-state index contributed by atoms with van der Waals surface area (Å²) in [5.41, 5.74) is 15.6. The highest BCUT2D eigenvalue weighted by Crippen LogP contribution is 2.63. The maximum absolute atomic E-state index is 5.04. The Morgan fingerprint density at radius 2 is 0.736 bits per heavy atom. The van der Waals surface area contributed by atoms with Gasteiger partial charge in [-0.15, -0.1) is 0 Å². The minimum atomic E-state index is -0.370. The van der Waals surface area contributed by atoms with Crippen LogP contribution in [0.4, 0.5) is 0 Å². The van der Waals surface area contributed by atoms with Crippen LogP contribution in [0.5, 0.6) is 0 Å². The van der Waals surface area contributed by atoms with Crippen LogP contribution in [-0.2, 0) is 5.41 Å². The Labute approximate surface area is 308 Å². The molecule has 53 heavy (non-hydrogen) atoms. The van der Waals surface area contributed by atoms with Gasteiger partial charge in [0.15, 0.2) is 17.5 Å². The molecule has 3 nitrogen and oxygen atoms in total. The molecule has 0 unspecified atom stereocenters. The predicted octanol–water partition coefficient (Wildman–Crippen LogP) is 12.0. The lowest BCUT2D eigenvalue weighted by Gasteiger charge is -2.30. The van der Waals surface area contributed by atoms with Crippen LogP contribution in [0.1, 0.15) is 22.3 Å². The van der Waals surface area contributed by atoms with E-state index < -0.39 is 0 Å².